The minimum Gasteiger partial charge on any atom is -0.504 e. The Balaban J connectivity index is 2.01. The van der Waals surface area contributed by atoms with Gasteiger partial charge in [-0.2, -0.15) is 0 Å². The molecule has 6 nitrogen and oxygen atoms in total. The number of anilines is 1. The predicted octanol–water partition coefficient (Wildman–Crippen LogP) is 2.37. The largest absolute Gasteiger partial charge is 0.504 e. The molecule has 0 saturated carbocycles. The van der Waals surface area contributed by atoms with Crippen molar-refractivity contribution in [1.82, 2.24) is 5.32 Å². The molecule has 1 fully saturated rings. The van der Waals surface area contributed by atoms with Crippen molar-refractivity contribution in [2.24, 2.45) is 0 Å². The second-order valence-corrected chi connectivity index (χ2v) is 5.75. The average molecular weight is 372 g/mol. The summed E-state index contributed by atoms with van der Waals surface area (Å²) in [5, 5.41) is 12.0. The highest BCUT2D eigenvalue weighted by Crippen LogP contribution is 2.28. The smallest absolute Gasteiger partial charge is 0.270 e. The first-order valence-corrected chi connectivity index (χ1v) is 7.85. The van der Waals surface area contributed by atoms with E-state index in [4.69, 9.17) is 17.0 Å². The fourth-order valence-corrected chi connectivity index (χ4v) is 2.71. The fraction of sp³-hybridized carbons (Fsp3) is 0.0556. The highest BCUT2D eigenvalue weighted by atomic mass is 32.1. The number of phenols is 1. The summed E-state index contributed by atoms with van der Waals surface area (Å²) in [7, 11) is 1.39. The summed E-state index contributed by atoms with van der Waals surface area (Å²) < 4.78 is 18.1. The number of halogens is 1. The molecule has 2 amide bonds. The molecule has 2 N–H and O–H groups in total. The van der Waals surface area contributed by atoms with Crippen LogP contribution in [0.1, 0.15) is 5.56 Å². The zero-order valence-electron chi connectivity index (χ0n) is 13.5. The van der Waals surface area contributed by atoms with Crippen LogP contribution in [0.25, 0.3) is 6.08 Å². The quantitative estimate of drug-likeness (QED) is 0.491. The number of benzene rings is 2. The van der Waals surface area contributed by atoms with E-state index in [-0.39, 0.29) is 22.2 Å². The zero-order chi connectivity index (χ0) is 18.8. The molecule has 0 radical (unpaired) electrons. The van der Waals surface area contributed by atoms with Gasteiger partial charge in [-0.3, -0.25) is 19.8 Å². The monoisotopic (exact) mass is 372 g/mol. The lowest BCUT2D eigenvalue weighted by molar-refractivity contribution is -0.122. The number of nitrogens with zero attached hydrogens (tertiary/aromatic N) is 1. The summed E-state index contributed by atoms with van der Waals surface area (Å²) in [5.41, 5.74) is 0.649. The summed E-state index contributed by atoms with van der Waals surface area (Å²) in [6, 6.07) is 9.56. The van der Waals surface area contributed by atoms with Gasteiger partial charge in [0.15, 0.2) is 16.6 Å². The Morgan fingerprint density at radius 3 is 2.54 bits per heavy atom. The van der Waals surface area contributed by atoms with E-state index >= 15 is 0 Å². The van der Waals surface area contributed by atoms with Crippen LogP contribution in [0.2, 0.25) is 0 Å². The Bertz CT molecular complexity index is 941. The van der Waals surface area contributed by atoms with E-state index in [1.807, 2.05) is 0 Å². The normalized spacial score (nSPS) is 16.0. The SMILES string of the molecule is COc1cc(C=C2C(=O)NC(=S)N(c3ccc(F)cc3)C2=O)ccc1O. The number of hydrogen-bond donors (Lipinski definition) is 2. The van der Waals surface area contributed by atoms with Gasteiger partial charge in [-0.1, -0.05) is 6.07 Å². The number of ether oxygens (including phenoxy) is 1. The second-order valence-electron chi connectivity index (χ2n) is 5.37. The lowest BCUT2D eigenvalue weighted by atomic mass is 10.1. The van der Waals surface area contributed by atoms with Gasteiger partial charge in [0, 0.05) is 0 Å². The Morgan fingerprint density at radius 2 is 1.88 bits per heavy atom. The first-order valence-electron chi connectivity index (χ1n) is 7.44. The van der Waals surface area contributed by atoms with Crippen molar-refractivity contribution in [2.75, 3.05) is 12.0 Å². The number of nitrogens with one attached hydrogen (secondary N) is 1. The third-order valence-electron chi connectivity index (χ3n) is 3.70. The molecule has 0 aliphatic carbocycles. The number of carbonyl (C=O) groups is 2. The maximum Gasteiger partial charge on any atom is 0.270 e. The summed E-state index contributed by atoms with van der Waals surface area (Å²) in [6.07, 6.45) is 1.36. The Kier molecular flexibility index (Phi) is 4.68. The highest BCUT2D eigenvalue weighted by molar-refractivity contribution is 7.80. The van der Waals surface area contributed by atoms with Crippen LogP contribution < -0.4 is 15.0 Å². The van der Waals surface area contributed by atoms with Crippen molar-refractivity contribution in [3.05, 3.63) is 59.4 Å². The Morgan fingerprint density at radius 1 is 1.19 bits per heavy atom. The maximum absolute atomic E-state index is 13.1. The molecule has 132 valence electrons. The van der Waals surface area contributed by atoms with Crippen molar-refractivity contribution < 1.29 is 23.8 Å². The summed E-state index contributed by atoms with van der Waals surface area (Å²) >= 11 is 5.07. The third kappa shape index (κ3) is 3.27. The molecular formula is C18H13FN2O4S. The van der Waals surface area contributed by atoms with Crippen LogP contribution in [-0.2, 0) is 9.59 Å². The van der Waals surface area contributed by atoms with Crippen LogP contribution >= 0.6 is 12.2 Å². The number of methoxy groups -OCH3 is 1. The van der Waals surface area contributed by atoms with Gasteiger partial charge in [0.05, 0.1) is 12.8 Å². The van der Waals surface area contributed by atoms with Crippen LogP contribution in [0.5, 0.6) is 11.5 Å². The van der Waals surface area contributed by atoms with Gasteiger partial charge in [-0.15, -0.1) is 0 Å². The molecule has 0 unspecified atom stereocenters. The fourth-order valence-electron chi connectivity index (χ4n) is 2.43. The number of hydrogen-bond acceptors (Lipinski definition) is 5. The molecule has 0 bridgehead atoms. The minimum atomic E-state index is -0.648. The van der Waals surface area contributed by atoms with Crippen LogP contribution in [0, 0.1) is 5.82 Å². The number of phenolic OH excluding ortho intramolecular Hbond substituents is 1. The van der Waals surface area contributed by atoms with E-state index in [0.29, 0.717) is 11.3 Å². The average Bonchev–Trinajstić information content (AvgIpc) is 2.61. The van der Waals surface area contributed by atoms with Crippen molar-refractivity contribution in [3.8, 4) is 11.5 Å². The van der Waals surface area contributed by atoms with Crippen molar-refractivity contribution >= 4 is 40.9 Å². The molecule has 26 heavy (non-hydrogen) atoms. The number of rotatable bonds is 3. The molecule has 0 atom stereocenters. The van der Waals surface area contributed by atoms with Gasteiger partial charge in [0.2, 0.25) is 0 Å². The van der Waals surface area contributed by atoms with Crippen LogP contribution in [0.4, 0.5) is 10.1 Å². The van der Waals surface area contributed by atoms with Gasteiger partial charge in [0.1, 0.15) is 11.4 Å². The molecule has 1 heterocycles. The molecule has 3 rings (SSSR count). The van der Waals surface area contributed by atoms with Crippen LogP contribution in [0.3, 0.4) is 0 Å². The molecule has 0 aromatic heterocycles. The molecule has 2 aromatic carbocycles. The van der Waals surface area contributed by atoms with Gasteiger partial charge in [-0.25, -0.2) is 4.39 Å². The summed E-state index contributed by atoms with van der Waals surface area (Å²) in [5.74, 6) is -1.61. The Labute approximate surface area is 153 Å². The topological polar surface area (TPSA) is 78.9 Å². The summed E-state index contributed by atoms with van der Waals surface area (Å²) in [4.78, 5) is 26.1. The van der Waals surface area contributed by atoms with E-state index in [1.54, 1.807) is 0 Å². The van der Waals surface area contributed by atoms with Crippen LogP contribution in [-0.4, -0.2) is 29.1 Å². The molecule has 1 aliphatic heterocycles. The third-order valence-corrected chi connectivity index (χ3v) is 3.99. The highest BCUT2D eigenvalue weighted by Gasteiger charge is 2.34. The number of thiocarbonyl (C=S) groups is 1. The number of aromatic hydroxyl groups is 1. The standard InChI is InChI=1S/C18H13FN2O4S/c1-25-15-9-10(2-7-14(15)22)8-13-16(23)20-18(26)21(17(13)24)12-5-3-11(19)4-6-12/h2-9,22H,1H3,(H,20,23,26). The van der Waals surface area contributed by atoms with Crippen LogP contribution in [0.15, 0.2) is 48.0 Å². The second kappa shape index (κ2) is 6.93. The maximum atomic E-state index is 13.1. The zero-order valence-corrected chi connectivity index (χ0v) is 14.3. The molecule has 1 saturated heterocycles. The van der Waals surface area contributed by atoms with Crippen molar-refractivity contribution in [3.63, 3.8) is 0 Å². The first-order chi connectivity index (χ1) is 12.4. The van der Waals surface area contributed by atoms with E-state index in [1.165, 1.54) is 55.7 Å². The molecular weight excluding hydrogens is 359 g/mol. The van der Waals surface area contributed by atoms with E-state index in [0.717, 1.165) is 4.90 Å². The van der Waals surface area contributed by atoms with E-state index in [2.05, 4.69) is 5.32 Å². The summed E-state index contributed by atoms with van der Waals surface area (Å²) in [6.45, 7) is 0. The first kappa shape index (κ1) is 17.6. The molecule has 1 aliphatic rings. The van der Waals surface area contributed by atoms with E-state index < -0.39 is 17.6 Å². The predicted molar refractivity (Wildman–Crippen MR) is 97.3 cm³/mol. The lowest BCUT2D eigenvalue weighted by Gasteiger charge is -2.28. The molecule has 2 aromatic rings. The van der Waals surface area contributed by atoms with Gasteiger partial charge in [0.25, 0.3) is 11.8 Å². The van der Waals surface area contributed by atoms with Gasteiger partial charge < -0.3 is 9.84 Å². The number of amides is 2. The molecule has 8 heteroatoms. The van der Waals surface area contributed by atoms with E-state index in [9.17, 15) is 19.1 Å². The Hall–Kier alpha value is -3.26. The molecule has 0 spiro atoms. The van der Waals surface area contributed by atoms with Crippen molar-refractivity contribution in [2.45, 2.75) is 0 Å². The number of carbonyl (C=O) groups excluding carboxylic acids is 2. The van der Waals surface area contributed by atoms with Gasteiger partial charge >= 0.3 is 0 Å². The lowest BCUT2D eigenvalue weighted by Crippen LogP contribution is -2.54. The van der Waals surface area contributed by atoms with Gasteiger partial charge in [-0.05, 0) is 60.3 Å². The van der Waals surface area contributed by atoms with Crippen molar-refractivity contribution in [1.29, 1.82) is 0 Å². The minimum absolute atomic E-state index is 0.0665.